The predicted octanol–water partition coefficient (Wildman–Crippen LogP) is 1.05. The summed E-state index contributed by atoms with van der Waals surface area (Å²) in [5, 5.41) is 17.8. The van der Waals surface area contributed by atoms with Crippen LogP contribution in [0.4, 0.5) is 0 Å². The van der Waals surface area contributed by atoms with Gasteiger partial charge in [-0.15, -0.1) is 0 Å². The molecule has 1 atom stereocenters. The summed E-state index contributed by atoms with van der Waals surface area (Å²) in [6.07, 6.45) is 1.34. The first-order valence-electron chi connectivity index (χ1n) is 6.30. The van der Waals surface area contributed by atoms with Crippen molar-refractivity contribution in [2.45, 2.75) is 33.1 Å². The number of sulfonamides is 1. The average molecular weight is 288 g/mol. The monoisotopic (exact) mass is 288 g/mol. The first-order valence-corrected chi connectivity index (χ1v) is 7.91. The molecule has 0 aromatic heterocycles. The van der Waals surface area contributed by atoms with Crippen molar-refractivity contribution >= 4 is 16.0 Å². The van der Waals surface area contributed by atoms with Gasteiger partial charge in [0.15, 0.2) is 0 Å². The fourth-order valence-electron chi connectivity index (χ4n) is 1.97. The molecule has 7 heteroatoms. The van der Waals surface area contributed by atoms with Crippen LogP contribution in [-0.4, -0.2) is 42.6 Å². The van der Waals surface area contributed by atoms with Crippen LogP contribution in [0.5, 0.6) is 0 Å². The van der Waals surface area contributed by atoms with Crippen molar-refractivity contribution in [1.29, 1.82) is 5.26 Å². The van der Waals surface area contributed by atoms with E-state index in [-0.39, 0.29) is 18.7 Å². The van der Waals surface area contributed by atoms with Crippen molar-refractivity contribution < 1.29 is 18.3 Å². The predicted molar refractivity (Wildman–Crippen MR) is 69.7 cm³/mol. The van der Waals surface area contributed by atoms with E-state index in [1.165, 1.54) is 4.31 Å². The standard InChI is InChI=1S/C12H20N2O4S/c1-12(2,9-13)5-7-19(17,18)14-6-3-4-10(8-14)11(15)16/h10H,3-8H2,1-2H3,(H,15,16). The molecule has 1 heterocycles. The molecule has 6 nitrogen and oxygen atoms in total. The number of piperidine rings is 1. The summed E-state index contributed by atoms with van der Waals surface area (Å²) in [5.74, 6) is -1.68. The first-order chi connectivity index (χ1) is 8.68. The molecule has 1 fully saturated rings. The van der Waals surface area contributed by atoms with Gasteiger partial charge in [0, 0.05) is 13.1 Å². The Morgan fingerprint density at radius 1 is 1.53 bits per heavy atom. The largest absolute Gasteiger partial charge is 0.481 e. The van der Waals surface area contributed by atoms with Crippen LogP contribution < -0.4 is 0 Å². The number of nitrogens with zero attached hydrogens (tertiary/aromatic N) is 2. The van der Waals surface area contributed by atoms with E-state index in [0.29, 0.717) is 19.4 Å². The fraction of sp³-hybridized carbons (Fsp3) is 0.833. The number of hydrogen-bond acceptors (Lipinski definition) is 4. The molecular weight excluding hydrogens is 268 g/mol. The van der Waals surface area contributed by atoms with Crippen molar-refractivity contribution in [3.05, 3.63) is 0 Å². The summed E-state index contributed by atoms with van der Waals surface area (Å²) in [6, 6.07) is 2.07. The molecule has 1 aliphatic rings. The molecule has 1 aliphatic heterocycles. The summed E-state index contributed by atoms with van der Waals surface area (Å²) >= 11 is 0. The number of carbonyl (C=O) groups is 1. The van der Waals surface area contributed by atoms with Crippen molar-refractivity contribution in [3.63, 3.8) is 0 Å². The summed E-state index contributed by atoms with van der Waals surface area (Å²) in [6.45, 7) is 3.81. The minimum Gasteiger partial charge on any atom is -0.481 e. The van der Waals surface area contributed by atoms with E-state index < -0.39 is 27.3 Å². The van der Waals surface area contributed by atoms with Gasteiger partial charge in [0.25, 0.3) is 0 Å². The molecule has 1 unspecified atom stereocenters. The van der Waals surface area contributed by atoms with Gasteiger partial charge in [-0.1, -0.05) is 0 Å². The lowest BCUT2D eigenvalue weighted by Crippen LogP contribution is -2.43. The van der Waals surface area contributed by atoms with Crippen LogP contribution in [0.2, 0.25) is 0 Å². The molecule has 1 N–H and O–H groups in total. The van der Waals surface area contributed by atoms with Crippen LogP contribution in [-0.2, 0) is 14.8 Å². The minimum atomic E-state index is -3.47. The smallest absolute Gasteiger partial charge is 0.307 e. The Morgan fingerprint density at radius 3 is 2.68 bits per heavy atom. The van der Waals surface area contributed by atoms with E-state index in [4.69, 9.17) is 10.4 Å². The summed E-state index contributed by atoms with van der Waals surface area (Å²) in [4.78, 5) is 10.9. The van der Waals surface area contributed by atoms with Gasteiger partial charge in [-0.2, -0.15) is 5.26 Å². The quantitative estimate of drug-likeness (QED) is 0.815. The Kier molecular flexibility index (Phi) is 4.93. The Labute approximate surface area is 114 Å². The van der Waals surface area contributed by atoms with Crippen LogP contribution in [0.1, 0.15) is 33.1 Å². The minimum absolute atomic E-state index is 0.0463. The number of carboxylic acids is 1. The lowest BCUT2D eigenvalue weighted by atomic mass is 9.93. The van der Waals surface area contributed by atoms with E-state index in [1.54, 1.807) is 13.8 Å². The Hall–Kier alpha value is -1.13. The molecular formula is C12H20N2O4S. The molecule has 19 heavy (non-hydrogen) atoms. The zero-order chi connectivity index (χ0) is 14.7. The van der Waals surface area contributed by atoms with Gasteiger partial charge < -0.3 is 5.11 Å². The van der Waals surface area contributed by atoms with Crippen LogP contribution in [0, 0.1) is 22.7 Å². The topological polar surface area (TPSA) is 98.5 Å². The van der Waals surface area contributed by atoms with E-state index in [0.717, 1.165) is 0 Å². The summed E-state index contributed by atoms with van der Waals surface area (Å²) in [5.41, 5.74) is -0.685. The van der Waals surface area contributed by atoms with E-state index in [2.05, 4.69) is 6.07 Å². The molecule has 0 aliphatic carbocycles. The maximum atomic E-state index is 12.1. The Balaban J connectivity index is 2.68. The maximum absolute atomic E-state index is 12.1. The Bertz CT molecular complexity index is 478. The summed E-state index contributed by atoms with van der Waals surface area (Å²) < 4.78 is 25.5. The molecule has 1 saturated heterocycles. The highest BCUT2D eigenvalue weighted by molar-refractivity contribution is 7.89. The van der Waals surface area contributed by atoms with Gasteiger partial charge in [-0.3, -0.25) is 4.79 Å². The molecule has 0 spiro atoms. The van der Waals surface area contributed by atoms with E-state index >= 15 is 0 Å². The third kappa shape index (κ3) is 4.48. The van der Waals surface area contributed by atoms with Crippen LogP contribution in [0.25, 0.3) is 0 Å². The summed E-state index contributed by atoms with van der Waals surface area (Å²) in [7, 11) is -3.47. The second-order valence-electron chi connectivity index (χ2n) is 5.60. The SMILES string of the molecule is CC(C)(C#N)CCS(=O)(=O)N1CCCC(C(=O)O)C1. The number of nitriles is 1. The molecule has 0 saturated carbocycles. The highest BCUT2D eigenvalue weighted by atomic mass is 32.2. The highest BCUT2D eigenvalue weighted by Crippen LogP contribution is 2.24. The van der Waals surface area contributed by atoms with Gasteiger partial charge in [0.2, 0.25) is 10.0 Å². The number of hydrogen-bond donors (Lipinski definition) is 1. The van der Waals surface area contributed by atoms with E-state index in [9.17, 15) is 13.2 Å². The first kappa shape index (κ1) is 15.9. The van der Waals surface area contributed by atoms with Gasteiger partial charge in [0.05, 0.1) is 23.2 Å². The zero-order valence-electron chi connectivity index (χ0n) is 11.3. The van der Waals surface area contributed by atoms with E-state index in [1.807, 2.05) is 0 Å². The van der Waals surface area contributed by atoms with Crippen molar-refractivity contribution in [3.8, 4) is 6.07 Å². The maximum Gasteiger partial charge on any atom is 0.307 e. The second-order valence-corrected chi connectivity index (χ2v) is 7.69. The fourth-order valence-corrected chi connectivity index (χ4v) is 3.81. The molecule has 0 amide bonds. The number of carboxylic acid groups (broad SMARTS) is 1. The number of aliphatic carboxylic acids is 1. The average Bonchev–Trinajstić information content (AvgIpc) is 2.37. The highest BCUT2D eigenvalue weighted by Gasteiger charge is 2.33. The van der Waals surface area contributed by atoms with Crippen LogP contribution >= 0.6 is 0 Å². The van der Waals surface area contributed by atoms with Gasteiger partial charge in [-0.25, -0.2) is 12.7 Å². The molecule has 0 aromatic carbocycles. The molecule has 1 rings (SSSR count). The molecule has 0 radical (unpaired) electrons. The molecule has 108 valence electrons. The second kappa shape index (κ2) is 5.88. The van der Waals surface area contributed by atoms with Gasteiger partial charge in [0.1, 0.15) is 0 Å². The third-order valence-electron chi connectivity index (χ3n) is 3.41. The normalized spacial score (nSPS) is 21.8. The van der Waals surface area contributed by atoms with Gasteiger partial charge in [-0.05, 0) is 33.1 Å². The van der Waals surface area contributed by atoms with Gasteiger partial charge >= 0.3 is 5.97 Å². The van der Waals surface area contributed by atoms with Crippen molar-refractivity contribution in [2.24, 2.45) is 11.3 Å². The lowest BCUT2D eigenvalue weighted by molar-refractivity contribution is -0.142. The lowest BCUT2D eigenvalue weighted by Gasteiger charge is -2.30. The number of rotatable bonds is 5. The molecule has 0 bridgehead atoms. The van der Waals surface area contributed by atoms with Crippen molar-refractivity contribution in [2.75, 3.05) is 18.8 Å². The Morgan fingerprint density at radius 2 is 2.16 bits per heavy atom. The van der Waals surface area contributed by atoms with Crippen molar-refractivity contribution in [1.82, 2.24) is 4.31 Å². The molecule has 0 aromatic rings. The zero-order valence-corrected chi connectivity index (χ0v) is 12.1. The van der Waals surface area contributed by atoms with Crippen LogP contribution in [0.3, 0.4) is 0 Å². The van der Waals surface area contributed by atoms with Crippen LogP contribution in [0.15, 0.2) is 0 Å². The third-order valence-corrected chi connectivity index (χ3v) is 5.25.